The summed E-state index contributed by atoms with van der Waals surface area (Å²) in [5.74, 6) is -0.312. The molecule has 0 bridgehead atoms. The highest BCUT2D eigenvalue weighted by Crippen LogP contribution is 2.20. The summed E-state index contributed by atoms with van der Waals surface area (Å²) in [6, 6.07) is 0. The van der Waals surface area contributed by atoms with E-state index >= 15 is 0 Å². The van der Waals surface area contributed by atoms with E-state index in [1.54, 1.807) is 0 Å². The molecule has 0 aliphatic heterocycles. The molecule has 1 aliphatic rings. The van der Waals surface area contributed by atoms with E-state index in [1.807, 2.05) is 0 Å². The van der Waals surface area contributed by atoms with Crippen LogP contribution in [-0.2, 0) is 14.9 Å². The maximum absolute atomic E-state index is 10.8. The molecule has 0 fully saturated rings. The average molecular weight is 206 g/mol. The Morgan fingerprint density at radius 1 is 1.38 bits per heavy atom. The smallest absolute Gasteiger partial charge is 0.291 e. The van der Waals surface area contributed by atoms with E-state index < -0.39 is 10.1 Å². The van der Waals surface area contributed by atoms with Gasteiger partial charge in [0.05, 0.1) is 4.91 Å². The zero-order valence-corrected chi connectivity index (χ0v) is 7.76. The van der Waals surface area contributed by atoms with Gasteiger partial charge in [0, 0.05) is 6.42 Å². The third-order valence-corrected chi connectivity index (χ3v) is 2.69. The van der Waals surface area contributed by atoms with Crippen LogP contribution in [0.3, 0.4) is 0 Å². The molecular formula is C7H10O5S. The van der Waals surface area contributed by atoms with Crippen LogP contribution in [0, 0.1) is 0 Å². The summed E-state index contributed by atoms with van der Waals surface area (Å²) in [6.07, 6.45) is 2.44. The zero-order valence-electron chi connectivity index (χ0n) is 6.94. The van der Waals surface area contributed by atoms with Crippen molar-refractivity contribution in [3.63, 3.8) is 0 Å². The van der Waals surface area contributed by atoms with Crippen molar-refractivity contribution in [1.82, 2.24) is 0 Å². The van der Waals surface area contributed by atoms with Gasteiger partial charge >= 0.3 is 0 Å². The second-order valence-electron chi connectivity index (χ2n) is 2.56. The molecule has 0 saturated heterocycles. The molecule has 0 spiro atoms. The predicted octanol–water partition coefficient (Wildman–Crippen LogP) is -0.147. The molecule has 0 heterocycles. The number of carbonyl (C=O) groups is 1. The van der Waals surface area contributed by atoms with Crippen LogP contribution in [0.25, 0.3) is 0 Å². The topological polar surface area (TPSA) is 103 Å². The van der Waals surface area contributed by atoms with Gasteiger partial charge < -0.3 is 5.48 Å². The van der Waals surface area contributed by atoms with Crippen LogP contribution in [-0.4, -0.2) is 24.2 Å². The van der Waals surface area contributed by atoms with Crippen molar-refractivity contribution in [2.24, 2.45) is 0 Å². The fourth-order valence-corrected chi connectivity index (χ4v) is 1.76. The van der Waals surface area contributed by atoms with Crippen molar-refractivity contribution >= 4 is 15.9 Å². The van der Waals surface area contributed by atoms with Crippen molar-refractivity contribution in [3.8, 4) is 0 Å². The van der Waals surface area contributed by atoms with E-state index in [0.717, 1.165) is 0 Å². The number of rotatable bonds is 1. The lowest BCUT2D eigenvalue weighted by Gasteiger charge is -2.08. The second-order valence-corrected chi connectivity index (χ2v) is 4.00. The summed E-state index contributed by atoms with van der Waals surface area (Å²) < 4.78 is 30.0. The minimum absolute atomic E-state index is 0. The maximum atomic E-state index is 10.8. The van der Waals surface area contributed by atoms with E-state index in [4.69, 9.17) is 4.55 Å². The van der Waals surface area contributed by atoms with Gasteiger partial charge in [0.15, 0.2) is 5.78 Å². The molecule has 0 radical (unpaired) electrons. The van der Waals surface area contributed by atoms with Crippen LogP contribution in [0.4, 0.5) is 0 Å². The highest BCUT2D eigenvalue weighted by molar-refractivity contribution is 7.89. The van der Waals surface area contributed by atoms with Crippen LogP contribution in [0.2, 0.25) is 0 Å². The highest BCUT2D eigenvalue weighted by atomic mass is 32.2. The lowest BCUT2D eigenvalue weighted by molar-refractivity contribution is -0.114. The third kappa shape index (κ3) is 2.76. The lowest BCUT2D eigenvalue weighted by atomic mass is 10.1. The Morgan fingerprint density at radius 2 is 1.92 bits per heavy atom. The number of ketones is 1. The Hall–Kier alpha value is -0.980. The van der Waals surface area contributed by atoms with Crippen molar-refractivity contribution in [1.29, 1.82) is 0 Å². The Morgan fingerprint density at radius 3 is 2.31 bits per heavy atom. The van der Waals surface area contributed by atoms with Gasteiger partial charge in [-0.15, -0.1) is 0 Å². The Labute approximate surface area is 75.8 Å². The first-order valence-electron chi connectivity index (χ1n) is 3.29. The maximum Gasteiger partial charge on any atom is 0.291 e. The van der Waals surface area contributed by atoms with Gasteiger partial charge in [0.2, 0.25) is 0 Å². The standard InChI is InChI=1S/C7H8O4S.H2O/c1-5-2-3-6(8)4-7(5)12(9,10)11;/h2-3H,4H2,1H3,(H,9,10,11);1H2. The van der Waals surface area contributed by atoms with Gasteiger partial charge in [0.1, 0.15) is 0 Å². The molecule has 1 aliphatic carbocycles. The largest absolute Gasteiger partial charge is 0.412 e. The molecule has 74 valence electrons. The Bertz CT molecular complexity index is 374. The van der Waals surface area contributed by atoms with E-state index in [9.17, 15) is 13.2 Å². The van der Waals surface area contributed by atoms with Crippen LogP contribution in [0.15, 0.2) is 22.6 Å². The van der Waals surface area contributed by atoms with Crippen LogP contribution < -0.4 is 0 Å². The summed E-state index contributed by atoms with van der Waals surface area (Å²) in [5.41, 5.74) is 0.414. The molecule has 0 unspecified atom stereocenters. The Kier molecular flexibility index (Phi) is 3.53. The molecule has 13 heavy (non-hydrogen) atoms. The first kappa shape index (κ1) is 12.0. The summed E-state index contributed by atoms with van der Waals surface area (Å²) >= 11 is 0. The van der Waals surface area contributed by atoms with Gasteiger partial charge in [-0.1, -0.05) is 6.08 Å². The van der Waals surface area contributed by atoms with Crippen molar-refractivity contribution in [3.05, 3.63) is 22.6 Å². The molecule has 1 rings (SSSR count). The fourth-order valence-electron chi connectivity index (χ4n) is 0.962. The first-order valence-corrected chi connectivity index (χ1v) is 4.73. The quantitative estimate of drug-likeness (QED) is 0.602. The molecular weight excluding hydrogens is 196 g/mol. The fraction of sp³-hybridized carbons (Fsp3) is 0.286. The van der Waals surface area contributed by atoms with Crippen molar-refractivity contribution in [2.45, 2.75) is 13.3 Å². The van der Waals surface area contributed by atoms with Gasteiger partial charge in [-0.25, -0.2) is 0 Å². The Balaban J connectivity index is 0.00000144. The van der Waals surface area contributed by atoms with Gasteiger partial charge in [-0.3, -0.25) is 9.35 Å². The summed E-state index contributed by atoms with van der Waals surface area (Å²) in [5, 5.41) is 0. The predicted molar refractivity (Wildman–Crippen MR) is 46.6 cm³/mol. The summed E-state index contributed by atoms with van der Waals surface area (Å²) in [4.78, 5) is 10.6. The molecule has 3 N–H and O–H groups in total. The van der Waals surface area contributed by atoms with Gasteiger partial charge in [-0.2, -0.15) is 8.42 Å². The summed E-state index contributed by atoms with van der Waals surface area (Å²) in [6.45, 7) is 1.53. The number of carbonyl (C=O) groups excluding carboxylic acids is 1. The minimum Gasteiger partial charge on any atom is -0.412 e. The van der Waals surface area contributed by atoms with Crippen LogP contribution in [0.5, 0.6) is 0 Å². The molecule has 0 amide bonds. The van der Waals surface area contributed by atoms with E-state index in [2.05, 4.69) is 0 Å². The molecule has 0 aromatic carbocycles. The zero-order chi connectivity index (χ0) is 9.35. The molecule has 0 aromatic rings. The SMILES string of the molecule is CC1=C(S(=O)(=O)O)CC(=O)C=C1.O. The van der Waals surface area contributed by atoms with E-state index in [0.29, 0.717) is 5.57 Å². The second kappa shape index (κ2) is 3.82. The lowest BCUT2D eigenvalue weighted by Crippen LogP contribution is -2.11. The average Bonchev–Trinajstić information content (AvgIpc) is 1.92. The molecule has 0 saturated carbocycles. The van der Waals surface area contributed by atoms with Crippen molar-refractivity contribution in [2.75, 3.05) is 0 Å². The van der Waals surface area contributed by atoms with E-state index in [1.165, 1.54) is 19.1 Å². The third-order valence-electron chi connectivity index (χ3n) is 1.61. The highest BCUT2D eigenvalue weighted by Gasteiger charge is 2.21. The van der Waals surface area contributed by atoms with Crippen molar-refractivity contribution < 1.29 is 23.2 Å². The van der Waals surface area contributed by atoms with Crippen LogP contribution in [0.1, 0.15) is 13.3 Å². The molecule has 6 heteroatoms. The van der Waals surface area contributed by atoms with E-state index in [-0.39, 0.29) is 22.6 Å². The summed E-state index contributed by atoms with van der Waals surface area (Å²) in [7, 11) is -4.20. The molecule has 0 aromatic heterocycles. The number of hydrogen-bond donors (Lipinski definition) is 1. The molecule has 0 atom stereocenters. The first-order chi connectivity index (χ1) is 5.41. The van der Waals surface area contributed by atoms with Gasteiger partial charge in [0.25, 0.3) is 10.1 Å². The number of allylic oxidation sites excluding steroid dienone is 4. The monoisotopic (exact) mass is 206 g/mol. The normalized spacial score (nSPS) is 17.2. The van der Waals surface area contributed by atoms with Gasteiger partial charge in [-0.05, 0) is 18.6 Å². The molecule has 5 nitrogen and oxygen atoms in total. The number of hydrogen-bond acceptors (Lipinski definition) is 3. The van der Waals surface area contributed by atoms with Crippen LogP contribution >= 0.6 is 0 Å². The minimum atomic E-state index is -4.20.